The van der Waals surface area contributed by atoms with Crippen molar-refractivity contribution >= 4 is 23.3 Å². The maximum absolute atomic E-state index is 13.7. The maximum atomic E-state index is 13.7. The molecule has 0 radical (unpaired) electrons. The van der Waals surface area contributed by atoms with Crippen molar-refractivity contribution in [1.82, 2.24) is 19.5 Å². The van der Waals surface area contributed by atoms with Gasteiger partial charge in [0.05, 0.1) is 23.0 Å². The summed E-state index contributed by atoms with van der Waals surface area (Å²) in [5.74, 6) is -0.192. The van der Waals surface area contributed by atoms with E-state index in [4.69, 9.17) is 4.74 Å². The molecule has 1 fully saturated rings. The first-order valence-electron chi connectivity index (χ1n) is 11.5. The SMILES string of the molecule is Cc1nc2cc(C3CCCCN3C(=O)c3ccccc3NC(=O)OC(C)(C)C)[nH]n2c(=O)c1C. The number of carbonyl (C=O) groups excluding carboxylic acids is 2. The van der Waals surface area contributed by atoms with Gasteiger partial charge in [0.2, 0.25) is 0 Å². The van der Waals surface area contributed by atoms with E-state index in [1.165, 1.54) is 4.52 Å². The molecule has 2 aromatic heterocycles. The van der Waals surface area contributed by atoms with Crippen LogP contribution in [0.25, 0.3) is 5.65 Å². The highest BCUT2D eigenvalue weighted by Crippen LogP contribution is 2.33. The fourth-order valence-electron chi connectivity index (χ4n) is 4.25. The third-order valence-corrected chi connectivity index (χ3v) is 6.02. The number of benzene rings is 1. The van der Waals surface area contributed by atoms with E-state index in [1.54, 1.807) is 56.9 Å². The summed E-state index contributed by atoms with van der Waals surface area (Å²) in [5.41, 5.74) is 2.56. The lowest BCUT2D eigenvalue weighted by molar-refractivity contribution is 0.0606. The third-order valence-electron chi connectivity index (χ3n) is 6.02. The van der Waals surface area contributed by atoms with Gasteiger partial charge in [0.25, 0.3) is 11.5 Å². The number of nitrogens with zero attached hydrogens (tertiary/aromatic N) is 3. The van der Waals surface area contributed by atoms with Crippen molar-refractivity contribution in [2.45, 2.75) is 65.5 Å². The summed E-state index contributed by atoms with van der Waals surface area (Å²) in [6, 6.07) is 8.52. The van der Waals surface area contributed by atoms with Gasteiger partial charge in [0, 0.05) is 23.9 Å². The standard InChI is InChI=1S/C25H31N5O4/c1-15-16(2)26-21-14-19(28-30(21)22(15)31)20-12-8-9-13-29(20)23(32)17-10-6-7-11-18(17)27-24(33)34-25(3,4)5/h6-7,10-11,14,20,28H,8-9,12-13H2,1-5H3,(H,27,33). The number of hydrogen-bond donors (Lipinski definition) is 2. The molecule has 0 aliphatic carbocycles. The molecule has 34 heavy (non-hydrogen) atoms. The number of piperidine rings is 1. The van der Waals surface area contributed by atoms with Gasteiger partial charge >= 0.3 is 6.09 Å². The molecule has 180 valence electrons. The van der Waals surface area contributed by atoms with Gasteiger partial charge in [-0.1, -0.05) is 12.1 Å². The molecule has 4 rings (SSSR count). The van der Waals surface area contributed by atoms with Crippen LogP contribution in [0.2, 0.25) is 0 Å². The van der Waals surface area contributed by atoms with Crippen LogP contribution >= 0.6 is 0 Å². The number of carbonyl (C=O) groups is 2. The van der Waals surface area contributed by atoms with E-state index in [2.05, 4.69) is 15.4 Å². The molecule has 1 saturated heterocycles. The van der Waals surface area contributed by atoms with E-state index >= 15 is 0 Å². The van der Waals surface area contributed by atoms with Crippen LogP contribution in [0, 0.1) is 13.8 Å². The van der Waals surface area contributed by atoms with Crippen molar-refractivity contribution in [3.8, 4) is 0 Å². The van der Waals surface area contributed by atoms with Crippen molar-refractivity contribution in [1.29, 1.82) is 0 Å². The molecular weight excluding hydrogens is 434 g/mol. The highest BCUT2D eigenvalue weighted by atomic mass is 16.6. The number of anilines is 1. The zero-order valence-electron chi connectivity index (χ0n) is 20.3. The van der Waals surface area contributed by atoms with Crippen molar-refractivity contribution in [2.75, 3.05) is 11.9 Å². The molecule has 0 saturated carbocycles. The quantitative estimate of drug-likeness (QED) is 0.598. The van der Waals surface area contributed by atoms with E-state index in [0.717, 1.165) is 25.0 Å². The summed E-state index contributed by atoms with van der Waals surface area (Å²) in [7, 11) is 0. The predicted molar refractivity (Wildman–Crippen MR) is 129 cm³/mol. The molecule has 1 aliphatic heterocycles. The first-order valence-corrected chi connectivity index (χ1v) is 11.5. The summed E-state index contributed by atoms with van der Waals surface area (Å²) in [6.45, 7) is 9.49. The van der Waals surface area contributed by atoms with E-state index in [0.29, 0.717) is 34.7 Å². The van der Waals surface area contributed by atoms with Gasteiger partial charge in [0.1, 0.15) is 5.60 Å². The molecule has 3 heterocycles. The average molecular weight is 466 g/mol. The zero-order chi connectivity index (χ0) is 24.6. The number of hydrogen-bond acceptors (Lipinski definition) is 5. The normalized spacial score (nSPS) is 16.5. The number of amides is 2. The number of aryl methyl sites for hydroxylation is 1. The molecular formula is C25H31N5O4. The highest BCUT2D eigenvalue weighted by molar-refractivity contribution is 6.02. The Hall–Kier alpha value is -3.62. The summed E-state index contributed by atoms with van der Waals surface area (Å²) in [4.78, 5) is 45.1. The highest BCUT2D eigenvalue weighted by Gasteiger charge is 2.32. The fraction of sp³-hybridized carbons (Fsp3) is 0.440. The number of H-pyrrole nitrogens is 1. The number of aromatic amines is 1. The molecule has 9 nitrogen and oxygen atoms in total. The number of rotatable bonds is 3. The first kappa shape index (κ1) is 23.5. The van der Waals surface area contributed by atoms with Gasteiger partial charge in [-0.15, -0.1) is 0 Å². The Morgan fingerprint density at radius 1 is 1.18 bits per heavy atom. The Bertz CT molecular complexity index is 1300. The second-order valence-electron chi connectivity index (χ2n) is 9.72. The first-order chi connectivity index (χ1) is 16.0. The largest absolute Gasteiger partial charge is 0.444 e. The molecule has 0 bridgehead atoms. The lowest BCUT2D eigenvalue weighted by Gasteiger charge is -2.35. The van der Waals surface area contributed by atoms with Crippen LogP contribution in [0.4, 0.5) is 10.5 Å². The van der Waals surface area contributed by atoms with Gasteiger partial charge < -0.3 is 9.64 Å². The molecule has 2 N–H and O–H groups in total. The molecule has 1 aliphatic rings. The summed E-state index contributed by atoms with van der Waals surface area (Å²) in [5, 5.41) is 5.88. The summed E-state index contributed by atoms with van der Waals surface area (Å²) in [6.07, 6.45) is 1.98. The fourth-order valence-corrected chi connectivity index (χ4v) is 4.25. The summed E-state index contributed by atoms with van der Waals surface area (Å²) < 4.78 is 6.79. The van der Waals surface area contributed by atoms with Gasteiger partial charge in [0.15, 0.2) is 5.65 Å². The predicted octanol–water partition coefficient (Wildman–Crippen LogP) is 4.35. The van der Waals surface area contributed by atoms with Gasteiger partial charge in [-0.2, -0.15) is 0 Å². The van der Waals surface area contributed by atoms with E-state index in [1.807, 2.05) is 13.0 Å². The van der Waals surface area contributed by atoms with Crippen LogP contribution in [0.5, 0.6) is 0 Å². The Balaban J connectivity index is 1.66. The van der Waals surface area contributed by atoms with E-state index < -0.39 is 11.7 Å². The van der Waals surface area contributed by atoms with Crippen LogP contribution in [-0.2, 0) is 4.74 Å². The molecule has 3 aromatic rings. The van der Waals surface area contributed by atoms with Crippen LogP contribution in [-0.4, -0.2) is 43.6 Å². The van der Waals surface area contributed by atoms with Crippen LogP contribution in [0.1, 0.15) is 73.4 Å². The number of ether oxygens (including phenoxy) is 1. The Morgan fingerprint density at radius 3 is 2.65 bits per heavy atom. The Labute approximate surface area is 198 Å². The number of likely N-dealkylation sites (tertiary alicyclic amines) is 1. The van der Waals surface area contributed by atoms with Crippen LogP contribution in [0.3, 0.4) is 0 Å². The van der Waals surface area contributed by atoms with E-state index in [9.17, 15) is 14.4 Å². The second kappa shape index (κ2) is 8.96. The van der Waals surface area contributed by atoms with Crippen molar-refractivity contribution < 1.29 is 14.3 Å². The van der Waals surface area contributed by atoms with Crippen molar-refractivity contribution in [3.05, 3.63) is 63.2 Å². The lowest BCUT2D eigenvalue weighted by atomic mass is 9.98. The van der Waals surface area contributed by atoms with Gasteiger partial charge in [-0.3, -0.25) is 20.0 Å². The number of nitrogens with one attached hydrogen (secondary N) is 2. The number of fused-ring (bicyclic) bond motifs is 1. The maximum Gasteiger partial charge on any atom is 0.412 e. The Kier molecular flexibility index (Phi) is 6.20. The van der Waals surface area contributed by atoms with Crippen LogP contribution in [0.15, 0.2) is 35.1 Å². The topological polar surface area (TPSA) is 109 Å². The smallest absolute Gasteiger partial charge is 0.412 e. The number of aromatic nitrogens is 3. The minimum Gasteiger partial charge on any atom is -0.444 e. The van der Waals surface area contributed by atoms with E-state index in [-0.39, 0.29) is 17.5 Å². The Morgan fingerprint density at radius 2 is 1.91 bits per heavy atom. The molecule has 1 atom stereocenters. The summed E-state index contributed by atoms with van der Waals surface area (Å²) >= 11 is 0. The minimum absolute atomic E-state index is 0.144. The monoisotopic (exact) mass is 465 g/mol. The number of para-hydroxylation sites is 1. The molecule has 2 amide bonds. The van der Waals surface area contributed by atoms with Gasteiger partial charge in [-0.05, 0) is 66.0 Å². The molecule has 0 spiro atoms. The lowest BCUT2D eigenvalue weighted by Crippen LogP contribution is -2.39. The molecule has 1 aromatic carbocycles. The van der Waals surface area contributed by atoms with Crippen molar-refractivity contribution in [2.24, 2.45) is 0 Å². The van der Waals surface area contributed by atoms with Crippen LogP contribution < -0.4 is 10.9 Å². The average Bonchev–Trinajstić information content (AvgIpc) is 3.20. The zero-order valence-corrected chi connectivity index (χ0v) is 20.3. The molecule has 1 unspecified atom stereocenters. The minimum atomic E-state index is -0.653. The van der Waals surface area contributed by atoms with Gasteiger partial charge in [-0.25, -0.2) is 14.3 Å². The molecule has 9 heteroatoms. The third kappa shape index (κ3) is 4.69. The van der Waals surface area contributed by atoms with Crippen molar-refractivity contribution in [3.63, 3.8) is 0 Å². The second-order valence-corrected chi connectivity index (χ2v) is 9.72.